The molecule has 150 valence electrons. The summed E-state index contributed by atoms with van der Waals surface area (Å²) in [5.41, 5.74) is 2.28. The van der Waals surface area contributed by atoms with E-state index in [1.54, 1.807) is 28.0 Å². The number of hydrogen-bond acceptors (Lipinski definition) is 3. The number of halogens is 1. The quantitative estimate of drug-likeness (QED) is 0.819. The van der Waals surface area contributed by atoms with Crippen molar-refractivity contribution in [3.05, 3.63) is 59.1 Å². The second kappa shape index (κ2) is 8.25. The lowest BCUT2D eigenvalue weighted by Gasteiger charge is -2.18. The van der Waals surface area contributed by atoms with Crippen molar-refractivity contribution >= 4 is 40.7 Å². The molecule has 2 aromatic rings. The van der Waals surface area contributed by atoms with Gasteiger partial charge >= 0.3 is 0 Å². The summed E-state index contributed by atoms with van der Waals surface area (Å²) in [5, 5.41) is 3.51. The predicted octanol–water partition coefficient (Wildman–Crippen LogP) is 3.45. The molecule has 2 aliphatic rings. The minimum atomic E-state index is -0.415. The zero-order chi connectivity index (χ0) is 20.4. The van der Waals surface area contributed by atoms with Gasteiger partial charge in [-0.1, -0.05) is 35.9 Å². The summed E-state index contributed by atoms with van der Waals surface area (Å²) in [6.07, 6.45) is 1.59. The smallest absolute Gasteiger partial charge is 0.229 e. The Balaban J connectivity index is 1.40. The Kier molecular flexibility index (Phi) is 5.53. The highest BCUT2D eigenvalue weighted by atomic mass is 35.5. The molecule has 6 nitrogen and oxygen atoms in total. The molecule has 0 radical (unpaired) electrons. The van der Waals surface area contributed by atoms with Gasteiger partial charge in [-0.2, -0.15) is 0 Å². The second-order valence-corrected chi connectivity index (χ2v) is 7.86. The summed E-state index contributed by atoms with van der Waals surface area (Å²) in [6.45, 7) is 1.46. The number of anilines is 2. The van der Waals surface area contributed by atoms with Gasteiger partial charge in [-0.15, -0.1) is 0 Å². The van der Waals surface area contributed by atoms with Gasteiger partial charge in [-0.05, 0) is 36.2 Å². The van der Waals surface area contributed by atoms with E-state index < -0.39 is 5.92 Å². The normalized spacial score (nSPS) is 19.1. The molecule has 0 aromatic heterocycles. The van der Waals surface area contributed by atoms with Gasteiger partial charge in [0.15, 0.2) is 0 Å². The third-order valence-corrected chi connectivity index (χ3v) is 5.77. The molecule has 0 aliphatic carbocycles. The summed E-state index contributed by atoms with van der Waals surface area (Å²) >= 11 is 6.19. The van der Waals surface area contributed by atoms with Crippen LogP contribution in [0.15, 0.2) is 48.5 Å². The monoisotopic (exact) mass is 411 g/mol. The van der Waals surface area contributed by atoms with Crippen LogP contribution in [-0.2, 0) is 20.9 Å². The van der Waals surface area contributed by atoms with Gasteiger partial charge in [0, 0.05) is 48.9 Å². The molecular formula is C22H22ClN3O3. The Morgan fingerprint density at radius 3 is 2.69 bits per heavy atom. The lowest BCUT2D eigenvalue weighted by molar-refractivity contribution is -0.128. The first-order chi connectivity index (χ1) is 14.0. The van der Waals surface area contributed by atoms with E-state index in [9.17, 15) is 14.4 Å². The van der Waals surface area contributed by atoms with Crippen LogP contribution in [0.2, 0.25) is 5.02 Å². The largest absolute Gasteiger partial charge is 0.337 e. The summed E-state index contributed by atoms with van der Waals surface area (Å²) in [6, 6.07) is 14.7. The highest BCUT2D eigenvalue weighted by molar-refractivity contribution is 6.31. The minimum absolute atomic E-state index is 0.0542. The predicted molar refractivity (Wildman–Crippen MR) is 112 cm³/mol. The number of carbonyl (C=O) groups is 3. The number of amides is 3. The van der Waals surface area contributed by atoms with Crippen LogP contribution in [0.4, 0.5) is 11.4 Å². The molecule has 2 fully saturated rings. The molecule has 0 spiro atoms. The summed E-state index contributed by atoms with van der Waals surface area (Å²) < 4.78 is 0. The van der Waals surface area contributed by atoms with Gasteiger partial charge < -0.3 is 15.1 Å². The molecule has 3 amide bonds. The van der Waals surface area contributed by atoms with Crippen molar-refractivity contribution in [1.29, 1.82) is 0 Å². The summed E-state index contributed by atoms with van der Waals surface area (Å²) in [4.78, 5) is 40.5. The fourth-order valence-corrected chi connectivity index (χ4v) is 4.05. The Bertz CT molecular complexity index is 962. The van der Waals surface area contributed by atoms with E-state index in [1.165, 1.54) is 0 Å². The molecule has 2 heterocycles. The lowest BCUT2D eigenvalue weighted by atomic mass is 10.1. The first-order valence-electron chi connectivity index (χ1n) is 9.74. The molecule has 0 bridgehead atoms. The lowest BCUT2D eigenvalue weighted by Crippen LogP contribution is -2.28. The molecule has 1 atom stereocenters. The van der Waals surface area contributed by atoms with Crippen LogP contribution in [0.5, 0.6) is 0 Å². The van der Waals surface area contributed by atoms with E-state index in [2.05, 4.69) is 5.32 Å². The van der Waals surface area contributed by atoms with Crippen molar-refractivity contribution < 1.29 is 14.4 Å². The second-order valence-electron chi connectivity index (χ2n) is 7.46. The number of hydrogen-bond donors (Lipinski definition) is 1. The topological polar surface area (TPSA) is 69.7 Å². The molecule has 0 unspecified atom stereocenters. The Morgan fingerprint density at radius 2 is 1.93 bits per heavy atom. The molecule has 29 heavy (non-hydrogen) atoms. The molecule has 0 saturated carbocycles. The molecule has 2 aliphatic heterocycles. The van der Waals surface area contributed by atoms with Crippen LogP contribution >= 0.6 is 11.6 Å². The van der Waals surface area contributed by atoms with Crippen molar-refractivity contribution in [3.63, 3.8) is 0 Å². The average molecular weight is 412 g/mol. The van der Waals surface area contributed by atoms with E-state index in [1.807, 2.05) is 30.3 Å². The maximum atomic E-state index is 12.7. The maximum Gasteiger partial charge on any atom is 0.229 e. The van der Waals surface area contributed by atoms with E-state index in [0.717, 1.165) is 17.7 Å². The SMILES string of the molecule is O=C(Nc1cccc(N2CCCC2=O)c1)[C@@H]1CC(=O)N(Cc2ccccc2Cl)C1. The van der Waals surface area contributed by atoms with Crippen LogP contribution in [0.3, 0.4) is 0 Å². The van der Waals surface area contributed by atoms with Gasteiger partial charge in [0.1, 0.15) is 0 Å². The molecule has 2 saturated heterocycles. The van der Waals surface area contributed by atoms with Crippen LogP contribution < -0.4 is 10.2 Å². The van der Waals surface area contributed by atoms with Crippen molar-refractivity contribution in [2.24, 2.45) is 5.92 Å². The van der Waals surface area contributed by atoms with Gasteiger partial charge in [0.05, 0.1) is 5.92 Å². The molecule has 1 N–H and O–H groups in total. The van der Waals surface area contributed by atoms with Gasteiger partial charge in [0.25, 0.3) is 0 Å². The fraction of sp³-hybridized carbons (Fsp3) is 0.318. The van der Waals surface area contributed by atoms with Crippen molar-refractivity contribution in [3.8, 4) is 0 Å². The van der Waals surface area contributed by atoms with Crippen LogP contribution in [0.1, 0.15) is 24.8 Å². The number of nitrogens with zero attached hydrogens (tertiary/aromatic N) is 2. The number of nitrogens with one attached hydrogen (secondary N) is 1. The van der Waals surface area contributed by atoms with E-state index in [-0.39, 0.29) is 24.1 Å². The number of rotatable bonds is 5. The minimum Gasteiger partial charge on any atom is -0.337 e. The zero-order valence-electron chi connectivity index (χ0n) is 15.9. The van der Waals surface area contributed by atoms with Crippen LogP contribution in [0.25, 0.3) is 0 Å². The van der Waals surface area contributed by atoms with E-state index >= 15 is 0 Å². The van der Waals surface area contributed by atoms with Crippen molar-refractivity contribution in [2.45, 2.75) is 25.8 Å². The number of likely N-dealkylation sites (tertiary alicyclic amines) is 1. The van der Waals surface area contributed by atoms with Crippen molar-refractivity contribution in [1.82, 2.24) is 4.90 Å². The fourth-order valence-electron chi connectivity index (χ4n) is 3.85. The summed E-state index contributed by atoms with van der Waals surface area (Å²) in [5.74, 6) is -0.557. The Morgan fingerprint density at radius 1 is 1.10 bits per heavy atom. The number of carbonyl (C=O) groups excluding carboxylic acids is 3. The molecule has 7 heteroatoms. The highest BCUT2D eigenvalue weighted by Gasteiger charge is 2.34. The average Bonchev–Trinajstić information content (AvgIpc) is 3.30. The third-order valence-electron chi connectivity index (χ3n) is 5.40. The maximum absolute atomic E-state index is 12.7. The van der Waals surface area contributed by atoms with E-state index in [4.69, 9.17) is 11.6 Å². The van der Waals surface area contributed by atoms with Crippen LogP contribution in [0, 0.1) is 5.92 Å². The van der Waals surface area contributed by atoms with Gasteiger partial charge in [-0.25, -0.2) is 0 Å². The van der Waals surface area contributed by atoms with Gasteiger partial charge in [0.2, 0.25) is 17.7 Å². The zero-order valence-corrected chi connectivity index (χ0v) is 16.7. The summed E-state index contributed by atoms with van der Waals surface area (Å²) in [7, 11) is 0. The molecule has 2 aromatic carbocycles. The Labute approximate surface area is 174 Å². The Hall–Kier alpha value is -2.86. The van der Waals surface area contributed by atoms with Gasteiger partial charge in [-0.3, -0.25) is 14.4 Å². The number of benzene rings is 2. The highest BCUT2D eigenvalue weighted by Crippen LogP contribution is 2.27. The van der Waals surface area contributed by atoms with E-state index in [0.29, 0.717) is 36.8 Å². The molecular weight excluding hydrogens is 390 g/mol. The van der Waals surface area contributed by atoms with Crippen molar-refractivity contribution in [2.75, 3.05) is 23.3 Å². The van der Waals surface area contributed by atoms with Crippen LogP contribution in [-0.4, -0.2) is 35.7 Å². The third kappa shape index (κ3) is 4.27. The molecule has 4 rings (SSSR count). The standard InChI is InChI=1S/C22H22ClN3O3/c23-19-8-2-1-5-15(19)13-25-14-16(11-21(25)28)22(29)24-17-6-3-7-18(12-17)26-10-4-9-20(26)27/h1-3,5-8,12,16H,4,9-11,13-14H2,(H,24,29)/t16-/m1/s1. The first-order valence-corrected chi connectivity index (χ1v) is 10.1. The first kappa shape index (κ1) is 19.5.